The summed E-state index contributed by atoms with van der Waals surface area (Å²) in [4.78, 5) is 12.4. The van der Waals surface area contributed by atoms with Gasteiger partial charge in [0.1, 0.15) is 12.1 Å². The zero-order valence-electron chi connectivity index (χ0n) is 13.4. The van der Waals surface area contributed by atoms with Gasteiger partial charge in [-0.3, -0.25) is 4.79 Å². The molecule has 0 spiro atoms. The van der Waals surface area contributed by atoms with E-state index < -0.39 is 0 Å². The highest BCUT2D eigenvalue weighted by atomic mass is 16.2. The molecule has 1 heterocycles. The van der Waals surface area contributed by atoms with Gasteiger partial charge >= 0.3 is 0 Å². The number of amides is 1. The molecule has 0 saturated carbocycles. The minimum Gasteiger partial charge on any atom is -0.348 e. The summed E-state index contributed by atoms with van der Waals surface area (Å²) in [6.45, 7) is 4.29. The minimum atomic E-state index is -0.0620. The van der Waals surface area contributed by atoms with Crippen LogP contribution in [0.5, 0.6) is 0 Å². The van der Waals surface area contributed by atoms with Crippen molar-refractivity contribution in [1.29, 1.82) is 0 Å². The molecule has 23 heavy (non-hydrogen) atoms. The van der Waals surface area contributed by atoms with Crippen LogP contribution in [-0.4, -0.2) is 20.9 Å². The Bertz CT molecular complexity index is 807. The van der Waals surface area contributed by atoms with Crippen molar-refractivity contribution in [2.75, 3.05) is 0 Å². The van der Waals surface area contributed by atoms with E-state index in [2.05, 4.69) is 53.7 Å². The second-order valence-electron chi connectivity index (χ2n) is 5.67. The van der Waals surface area contributed by atoms with Crippen molar-refractivity contribution in [3.8, 4) is 0 Å². The van der Waals surface area contributed by atoms with Gasteiger partial charge in [-0.2, -0.15) is 0 Å². The van der Waals surface area contributed by atoms with Crippen LogP contribution in [0.25, 0.3) is 11.0 Å². The number of nitrogens with zero attached hydrogens (tertiary/aromatic N) is 3. The number of rotatable bonds is 5. The largest absolute Gasteiger partial charge is 0.348 e. The third-order valence-corrected chi connectivity index (χ3v) is 3.94. The van der Waals surface area contributed by atoms with Crippen molar-refractivity contribution in [2.24, 2.45) is 0 Å². The average molecular weight is 308 g/mol. The highest BCUT2D eigenvalue weighted by molar-refractivity contribution is 5.80. The Morgan fingerprint density at radius 1 is 1.17 bits per heavy atom. The van der Waals surface area contributed by atoms with E-state index >= 15 is 0 Å². The fourth-order valence-electron chi connectivity index (χ4n) is 2.63. The number of para-hydroxylation sites is 1. The summed E-state index contributed by atoms with van der Waals surface area (Å²) in [5.41, 5.74) is 4.00. The standard InChI is InChI=1S/C18H20N4O/c1-3-15(14-10-8-13(2)9-11-14)19-18(23)12-22-17-7-5-4-6-16(17)20-21-22/h4-11,15H,3,12H2,1-2H3,(H,19,23)/t15-/m1/s1. The smallest absolute Gasteiger partial charge is 0.242 e. The quantitative estimate of drug-likeness (QED) is 0.788. The molecule has 2 aromatic carbocycles. The number of hydrogen-bond acceptors (Lipinski definition) is 3. The lowest BCUT2D eigenvalue weighted by Gasteiger charge is -2.17. The van der Waals surface area contributed by atoms with Crippen LogP contribution in [0.3, 0.4) is 0 Å². The van der Waals surface area contributed by atoms with Gasteiger partial charge in [-0.1, -0.05) is 54.1 Å². The first kappa shape index (κ1) is 15.2. The van der Waals surface area contributed by atoms with Gasteiger partial charge in [0.15, 0.2) is 0 Å². The van der Waals surface area contributed by atoms with Gasteiger partial charge in [0, 0.05) is 0 Å². The van der Waals surface area contributed by atoms with Crippen molar-refractivity contribution in [3.05, 3.63) is 59.7 Å². The van der Waals surface area contributed by atoms with Gasteiger partial charge in [0.05, 0.1) is 11.6 Å². The van der Waals surface area contributed by atoms with E-state index in [4.69, 9.17) is 0 Å². The third kappa shape index (κ3) is 3.39. The molecule has 1 amide bonds. The molecule has 5 nitrogen and oxygen atoms in total. The Kier molecular flexibility index (Phi) is 4.37. The molecule has 1 atom stereocenters. The van der Waals surface area contributed by atoms with Crippen LogP contribution in [0.4, 0.5) is 0 Å². The normalized spacial score (nSPS) is 12.3. The van der Waals surface area contributed by atoms with Crippen molar-refractivity contribution < 1.29 is 4.79 Å². The third-order valence-electron chi connectivity index (χ3n) is 3.94. The van der Waals surface area contributed by atoms with Crippen LogP contribution in [-0.2, 0) is 11.3 Å². The van der Waals surface area contributed by atoms with E-state index in [1.807, 2.05) is 24.3 Å². The lowest BCUT2D eigenvalue weighted by Crippen LogP contribution is -2.31. The Hall–Kier alpha value is -2.69. The Labute approximate surface area is 135 Å². The number of nitrogens with one attached hydrogen (secondary N) is 1. The maximum absolute atomic E-state index is 12.4. The van der Waals surface area contributed by atoms with Crippen LogP contribution in [0, 0.1) is 6.92 Å². The van der Waals surface area contributed by atoms with Gasteiger partial charge in [-0.25, -0.2) is 4.68 Å². The second kappa shape index (κ2) is 6.60. The lowest BCUT2D eigenvalue weighted by atomic mass is 10.0. The SMILES string of the molecule is CC[C@@H](NC(=O)Cn1nnc2ccccc21)c1ccc(C)cc1. The van der Waals surface area contributed by atoms with Crippen LogP contribution >= 0.6 is 0 Å². The highest BCUT2D eigenvalue weighted by Gasteiger charge is 2.14. The first-order valence-corrected chi connectivity index (χ1v) is 7.81. The summed E-state index contributed by atoms with van der Waals surface area (Å²) in [6, 6.07) is 15.9. The summed E-state index contributed by atoms with van der Waals surface area (Å²) >= 11 is 0. The summed E-state index contributed by atoms with van der Waals surface area (Å²) < 4.78 is 1.63. The zero-order valence-corrected chi connectivity index (χ0v) is 13.4. The minimum absolute atomic E-state index is 0.0119. The van der Waals surface area contributed by atoms with E-state index in [0.29, 0.717) is 0 Å². The number of fused-ring (bicyclic) bond motifs is 1. The molecule has 0 fully saturated rings. The molecule has 0 aliphatic heterocycles. The van der Waals surface area contributed by atoms with Crippen LogP contribution in [0.1, 0.15) is 30.5 Å². The molecule has 3 aromatic rings. The van der Waals surface area contributed by atoms with Crippen molar-refractivity contribution in [1.82, 2.24) is 20.3 Å². The molecule has 0 bridgehead atoms. The van der Waals surface area contributed by atoms with Gasteiger partial charge in [0.2, 0.25) is 5.91 Å². The molecular formula is C18H20N4O. The Morgan fingerprint density at radius 2 is 1.91 bits per heavy atom. The molecule has 0 radical (unpaired) electrons. The van der Waals surface area contributed by atoms with E-state index in [1.165, 1.54) is 5.56 Å². The monoisotopic (exact) mass is 308 g/mol. The number of hydrogen-bond donors (Lipinski definition) is 1. The molecule has 0 unspecified atom stereocenters. The van der Waals surface area contributed by atoms with E-state index in [9.17, 15) is 4.79 Å². The number of carbonyl (C=O) groups is 1. The van der Waals surface area contributed by atoms with Crippen LogP contribution < -0.4 is 5.32 Å². The average Bonchev–Trinajstić information content (AvgIpc) is 2.97. The molecule has 1 N–H and O–H groups in total. The molecule has 1 aromatic heterocycles. The second-order valence-corrected chi connectivity index (χ2v) is 5.67. The van der Waals surface area contributed by atoms with Gasteiger partial charge in [-0.05, 0) is 31.0 Å². The van der Waals surface area contributed by atoms with E-state index in [-0.39, 0.29) is 18.5 Å². The van der Waals surface area contributed by atoms with E-state index in [1.54, 1.807) is 4.68 Å². The summed E-state index contributed by atoms with van der Waals surface area (Å²) in [6.07, 6.45) is 0.840. The molecule has 0 aliphatic rings. The molecule has 5 heteroatoms. The molecule has 0 saturated heterocycles. The zero-order chi connectivity index (χ0) is 16.2. The number of carbonyl (C=O) groups excluding carboxylic acids is 1. The number of benzene rings is 2. The maximum Gasteiger partial charge on any atom is 0.242 e. The van der Waals surface area contributed by atoms with Crippen LogP contribution in [0.2, 0.25) is 0 Å². The fraction of sp³-hybridized carbons (Fsp3) is 0.278. The lowest BCUT2D eigenvalue weighted by molar-refractivity contribution is -0.122. The van der Waals surface area contributed by atoms with Gasteiger partial charge in [-0.15, -0.1) is 5.10 Å². The maximum atomic E-state index is 12.4. The fourth-order valence-corrected chi connectivity index (χ4v) is 2.63. The summed E-state index contributed by atoms with van der Waals surface area (Å²) in [5.74, 6) is -0.0620. The highest BCUT2D eigenvalue weighted by Crippen LogP contribution is 2.17. The summed E-state index contributed by atoms with van der Waals surface area (Å²) in [7, 11) is 0. The topological polar surface area (TPSA) is 59.8 Å². The van der Waals surface area contributed by atoms with Gasteiger partial charge < -0.3 is 5.32 Å². The van der Waals surface area contributed by atoms with Crippen molar-refractivity contribution in [2.45, 2.75) is 32.9 Å². The molecule has 3 rings (SSSR count). The molecular weight excluding hydrogens is 288 g/mol. The number of aromatic nitrogens is 3. The van der Waals surface area contributed by atoms with Crippen molar-refractivity contribution >= 4 is 16.9 Å². The molecule has 118 valence electrons. The Morgan fingerprint density at radius 3 is 2.65 bits per heavy atom. The van der Waals surface area contributed by atoms with Crippen molar-refractivity contribution in [3.63, 3.8) is 0 Å². The first-order valence-electron chi connectivity index (χ1n) is 7.81. The Balaban J connectivity index is 1.71. The number of aryl methyl sites for hydroxylation is 1. The first-order chi connectivity index (χ1) is 11.2. The predicted octanol–water partition coefficient (Wildman–Crippen LogP) is 3.01. The molecule has 0 aliphatic carbocycles. The predicted molar refractivity (Wildman–Crippen MR) is 89.9 cm³/mol. The summed E-state index contributed by atoms with van der Waals surface area (Å²) in [5, 5.41) is 11.2. The van der Waals surface area contributed by atoms with Gasteiger partial charge in [0.25, 0.3) is 0 Å². The van der Waals surface area contributed by atoms with Crippen LogP contribution in [0.15, 0.2) is 48.5 Å². The van der Waals surface area contributed by atoms with E-state index in [0.717, 1.165) is 23.0 Å².